The van der Waals surface area contributed by atoms with Gasteiger partial charge in [0.05, 0.1) is 23.3 Å². The van der Waals surface area contributed by atoms with Crippen molar-refractivity contribution in [2.24, 2.45) is 5.73 Å². The number of thiophene rings is 1. The first kappa shape index (κ1) is 19.0. The lowest BCUT2D eigenvalue weighted by Crippen LogP contribution is -2.31. The largest absolute Gasteiger partial charge is 0.370 e. The molecular formula is C17H21N5O2S3. The minimum atomic E-state index is -0.375. The number of carbonyl (C=O) groups is 1. The molecule has 10 heteroatoms. The zero-order valence-electron chi connectivity index (χ0n) is 15.4. The number of thioether (sulfide) groups is 2. The molecule has 4 heterocycles. The van der Waals surface area contributed by atoms with Gasteiger partial charge in [-0.05, 0) is 25.8 Å². The second-order valence-corrected chi connectivity index (χ2v) is 10.1. The maximum atomic E-state index is 11.2. The predicted molar refractivity (Wildman–Crippen MR) is 110 cm³/mol. The van der Waals surface area contributed by atoms with Crippen LogP contribution in [0.5, 0.6) is 0 Å². The third-order valence-corrected chi connectivity index (χ3v) is 7.49. The number of ether oxygens (including phenoxy) is 1. The monoisotopic (exact) mass is 423 g/mol. The van der Waals surface area contributed by atoms with Gasteiger partial charge in [0.1, 0.15) is 4.83 Å². The molecule has 0 aliphatic carbocycles. The normalized spacial score (nSPS) is 16.1. The Morgan fingerprint density at radius 1 is 1.33 bits per heavy atom. The fourth-order valence-corrected chi connectivity index (χ4v) is 5.84. The van der Waals surface area contributed by atoms with Gasteiger partial charge in [-0.25, -0.2) is 9.38 Å². The van der Waals surface area contributed by atoms with Gasteiger partial charge in [0.15, 0.2) is 16.0 Å². The van der Waals surface area contributed by atoms with E-state index in [9.17, 15) is 4.79 Å². The van der Waals surface area contributed by atoms with Crippen molar-refractivity contribution < 1.29 is 9.53 Å². The van der Waals surface area contributed by atoms with Crippen LogP contribution < -0.4 is 5.73 Å². The molecule has 0 bridgehead atoms. The van der Waals surface area contributed by atoms with Crippen LogP contribution in [-0.4, -0.2) is 42.6 Å². The van der Waals surface area contributed by atoms with Gasteiger partial charge >= 0.3 is 0 Å². The van der Waals surface area contributed by atoms with Crippen LogP contribution in [0.4, 0.5) is 0 Å². The second kappa shape index (κ2) is 7.23. The third-order valence-electron chi connectivity index (χ3n) is 4.29. The highest BCUT2D eigenvalue weighted by molar-refractivity contribution is 8.00. The van der Waals surface area contributed by atoms with E-state index in [-0.39, 0.29) is 17.3 Å². The molecule has 3 aromatic heterocycles. The standard InChI is InChI=1S/C17H21N5O2S3/c1-4-5-25-15-19-14-12(9-6-17(2,3)24-7-10(9)27-14)13-20-21-16(22(13)15)26-8-11(18)23/h4-8H2,1-3H3,(H2,18,23). The van der Waals surface area contributed by atoms with E-state index in [1.807, 2.05) is 4.40 Å². The van der Waals surface area contributed by atoms with Gasteiger partial charge in [0, 0.05) is 17.1 Å². The molecule has 0 saturated carbocycles. The van der Waals surface area contributed by atoms with Crippen LogP contribution in [0.25, 0.3) is 15.9 Å². The van der Waals surface area contributed by atoms with Gasteiger partial charge in [-0.15, -0.1) is 21.5 Å². The quantitative estimate of drug-likeness (QED) is 0.480. The van der Waals surface area contributed by atoms with Crippen molar-refractivity contribution in [3.63, 3.8) is 0 Å². The topological polar surface area (TPSA) is 95.4 Å². The Labute approximate surface area is 169 Å². The minimum absolute atomic E-state index is 0.166. The van der Waals surface area contributed by atoms with Crippen LogP contribution >= 0.6 is 34.9 Å². The van der Waals surface area contributed by atoms with Crippen molar-refractivity contribution in [1.29, 1.82) is 0 Å². The summed E-state index contributed by atoms with van der Waals surface area (Å²) in [6, 6.07) is 0. The first-order valence-corrected chi connectivity index (χ1v) is 11.6. The summed E-state index contributed by atoms with van der Waals surface area (Å²) >= 11 is 4.66. The Kier molecular flexibility index (Phi) is 5.08. The maximum absolute atomic E-state index is 11.2. The lowest BCUT2D eigenvalue weighted by Gasteiger charge is -2.30. The number of nitrogens with two attached hydrogens (primary N) is 1. The van der Waals surface area contributed by atoms with E-state index in [0.29, 0.717) is 11.8 Å². The third kappa shape index (κ3) is 3.55. The number of hydrogen-bond acceptors (Lipinski definition) is 8. The van der Waals surface area contributed by atoms with E-state index in [1.165, 1.54) is 22.2 Å². The van der Waals surface area contributed by atoms with E-state index in [1.54, 1.807) is 23.1 Å². The molecule has 3 aromatic rings. The Bertz CT molecular complexity index is 1030. The number of primary amides is 1. The fraction of sp³-hybridized carbons (Fsp3) is 0.529. The summed E-state index contributed by atoms with van der Waals surface area (Å²) < 4.78 is 7.96. The molecule has 0 saturated heterocycles. The Hall–Kier alpha value is -1.36. The minimum Gasteiger partial charge on any atom is -0.370 e. The number of aromatic nitrogens is 4. The van der Waals surface area contributed by atoms with E-state index >= 15 is 0 Å². The Morgan fingerprint density at radius 2 is 2.15 bits per heavy atom. The molecule has 27 heavy (non-hydrogen) atoms. The summed E-state index contributed by atoms with van der Waals surface area (Å²) in [6.45, 7) is 6.95. The van der Waals surface area contributed by atoms with Crippen molar-refractivity contribution >= 4 is 56.6 Å². The summed E-state index contributed by atoms with van der Waals surface area (Å²) in [6.07, 6.45) is 1.86. The van der Waals surface area contributed by atoms with Crippen LogP contribution in [0.3, 0.4) is 0 Å². The highest BCUT2D eigenvalue weighted by atomic mass is 32.2. The van der Waals surface area contributed by atoms with Gasteiger partial charge < -0.3 is 10.5 Å². The van der Waals surface area contributed by atoms with Crippen molar-refractivity contribution in [2.75, 3.05) is 11.5 Å². The fourth-order valence-electron chi connectivity index (χ4n) is 3.11. The zero-order valence-corrected chi connectivity index (χ0v) is 17.9. The second-order valence-electron chi connectivity index (χ2n) is 7.05. The van der Waals surface area contributed by atoms with Crippen LogP contribution in [0.2, 0.25) is 0 Å². The average Bonchev–Trinajstić information content (AvgIpc) is 3.17. The molecule has 0 radical (unpaired) electrons. The first-order chi connectivity index (χ1) is 12.9. The van der Waals surface area contributed by atoms with Crippen LogP contribution in [0.1, 0.15) is 37.6 Å². The molecular weight excluding hydrogens is 402 g/mol. The predicted octanol–water partition coefficient (Wildman–Crippen LogP) is 3.27. The number of amides is 1. The molecule has 2 N–H and O–H groups in total. The number of nitrogens with zero attached hydrogens (tertiary/aromatic N) is 4. The highest BCUT2D eigenvalue weighted by Crippen LogP contribution is 2.41. The average molecular weight is 424 g/mol. The van der Waals surface area contributed by atoms with Gasteiger partial charge in [-0.3, -0.25) is 4.79 Å². The summed E-state index contributed by atoms with van der Waals surface area (Å²) in [5.74, 6) is 0.743. The number of fused-ring (bicyclic) bond motifs is 5. The molecule has 144 valence electrons. The molecule has 0 spiro atoms. The molecule has 4 rings (SSSR count). The Balaban J connectivity index is 1.92. The summed E-state index contributed by atoms with van der Waals surface area (Å²) in [7, 11) is 0. The summed E-state index contributed by atoms with van der Waals surface area (Å²) in [4.78, 5) is 18.4. The van der Waals surface area contributed by atoms with Gasteiger partial charge in [-0.2, -0.15) is 0 Å². The maximum Gasteiger partial charge on any atom is 0.227 e. The smallest absolute Gasteiger partial charge is 0.227 e. The lowest BCUT2D eigenvalue weighted by atomic mass is 9.94. The number of carbonyl (C=O) groups excluding carboxylic acids is 1. The van der Waals surface area contributed by atoms with Crippen LogP contribution in [0.15, 0.2) is 10.3 Å². The molecule has 0 atom stereocenters. The van der Waals surface area contributed by atoms with Crippen molar-refractivity contribution in [2.45, 2.75) is 56.1 Å². The van der Waals surface area contributed by atoms with Gasteiger partial charge in [0.2, 0.25) is 5.91 Å². The number of hydrogen-bond donors (Lipinski definition) is 1. The van der Waals surface area contributed by atoms with Crippen LogP contribution in [0, 0.1) is 0 Å². The van der Waals surface area contributed by atoms with Crippen molar-refractivity contribution in [3.8, 4) is 0 Å². The molecule has 1 aliphatic heterocycles. The van der Waals surface area contributed by atoms with Gasteiger partial charge in [-0.1, -0.05) is 30.4 Å². The summed E-state index contributed by atoms with van der Waals surface area (Å²) in [5, 5.41) is 11.4. The van der Waals surface area contributed by atoms with E-state index in [0.717, 1.165) is 39.6 Å². The molecule has 0 fully saturated rings. The molecule has 1 amide bonds. The molecule has 7 nitrogen and oxygen atoms in total. The van der Waals surface area contributed by atoms with E-state index in [2.05, 4.69) is 31.0 Å². The summed E-state index contributed by atoms with van der Waals surface area (Å²) in [5.41, 5.74) is 7.17. The van der Waals surface area contributed by atoms with Crippen molar-refractivity contribution in [1.82, 2.24) is 19.6 Å². The van der Waals surface area contributed by atoms with Gasteiger partial charge in [0.25, 0.3) is 0 Å². The lowest BCUT2D eigenvalue weighted by molar-refractivity contribution is -0.115. The SMILES string of the molecule is CCCSc1nc2sc3c(c2c2nnc(SCC(N)=O)n12)CC(C)(C)OC3. The highest BCUT2D eigenvalue weighted by Gasteiger charge is 2.31. The first-order valence-electron chi connectivity index (χ1n) is 8.77. The Morgan fingerprint density at radius 3 is 2.89 bits per heavy atom. The van der Waals surface area contributed by atoms with E-state index in [4.69, 9.17) is 15.5 Å². The number of rotatable bonds is 6. The molecule has 0 aromatic carbocycles. The molecule has 0 unspecified atom stereocenters. The molecule has 1 aliphatic rings. The van der Waals surface area contributed by atoms with Crippen molar-refractivity contribution in [3.05, 3.63) is 10.4 Å². The van der Waals surface area contributed by atoms with E-state index < -0.39 is 0 Å². The zero-order chi connectivity index (χ0) is 19.2. The van der Waals surface area contributed by atoms with Crippen LogP contribution in [-0.2, 0) is 22.6 Å².